The van der Waals surface area contributed by atoms with Crippen molar-refractivity contribution in [2.45, 2.75) is 25.8 Å². The molecule has 1 unspecified atom stereocenters. The Bertz CT molecular complexity index is 1210. The van der Waals surface area contributed by atoms with Gasteiger partial charge >= 0.3 is 0 Å². The number of aryl methyl sites for hydroxylation is 2. The van der Waals surface area contributed by atoms with E-state index in [0.717, 1.165) is 47.2 Å². The average molecular weight is 402 g/mol. The van der Waals surface area contributed by atoms with Crippen molar-refractivity contribution in [3.05, 3.63) is 87.5 Å². The molecule has 5 rings (SSSR count). The van der Waals surface area contributed by atoms with Crippen LogP contribution in [0.4, 0.5) is 0 Å². The van der Waals surface area contributed by atoms with E-state index in [1.54, 1.807) is 11.3 Å². The lowest BCUT2D eigenvalue weighted by Crippen LogP contribution is -2.40. The number of carbonyl (C=O) groups is 1. The van der Waals surface area contributed by atoms with Gasteiger partial charge in [-0.2, -0.15) is 0 Å². The third kappa shape index (κ3) is 3.15. The van der Waals surface area contributed by atoms with E-state index in [9.17, 15) is 4.79 Å². The first kappa shape index (κ1) is 18.1. The van der Waals surface area contributed by atoms with Crippen molar-refractivity contribution in [2.75, 3.05) is 6.54 Å². The summed E-state index contributed by atoms with van der Waals surface area (Å²) in [5, 5.41) is 3.16. The fraction of sp³-hybridized carbons (Fsp3) is 0.250. The van der Waals surface area contributed by atoms with Gasteiger partial charge in [0.05, 0.1) is 11.6 Å². The number of thiophene rings is 1. The van der Waals surface area contributed by atoms with E-state index in [1.807, 2.05) is 55.1 Å². The zero-order valence-electron chi connectivity index (χ0n) is 16.6. The molecule has 1 aliphatic heterocycles. The third-order valence-electron chi connectivity index (χ3n) is 5.82. The van der Waals surface area contributed by atoms with Crippen molar-refractivity contribution < 1.29 is 4.79 Å². The van der Waals surface area contributed by atoms with Gasteiger partial charge in [0.15, 0.2) is 0 Å². The first-order valence-electron chi connectivity index (χ1n) is 9.95. The van der Waals surface area contributed by atoms with E-state index in [1.165, 1.54) is 10.4 Å². The van der Waals surface area contributed by atoms with Crippen LogP contribution in [-0.2, 0) is 19.9 Å². The summed E-state index contributed by atoms with van der Waals surface area (Å²) in [6, 6.07) is 16.5. The monoisotopic (exact) mass is 401 g/mol. The second kappa shape index (κ2) is 7.16. The van der Waals surface area contributed by atoms with Gasteiger partial charge in [0.25, 0.3) is 5.91 Å². The molecule has 0 bridgehead atoms. The predicted octanol–water partition coefficient (Wildman–Crippen LogP) is 4.93. The summed E-state index contributed by atoms with van der Waals surface area (Å²) >= 11 is 1.76. The highest BCUT2D eigenvalue weighted by molar-refractivity contribution is 7.10. The zero-order valence-corrected chi connectivity index (χ0v) is 17.4. The highest BCUT2D eigenvalue weighted by Crippen LogP contribution is 2.37. The first-order chi connectivity index (χ1) is 14.1. The number of amides is 1. The Morgan fingerprint density at radius 2 is 2.03 bits per heavy atom. The minimum Gasteiger partial charge on any atom is -0.350 e. The molecule has 4 nitrogen and oxygen atoms in total. The number of fused-ring (bicyclic) bond motifs is 2. The van der Waals surface area contributed by atoms with Crippen LogP contribution >= 0.6 is 11.3 Å². The van der Waals surface area contributed by atoms with Crippen LogP contribution in [0.15, 0.2) is 60.1 Å². The van der Waals surface area contributed by atoms with Gasteiger partial charge in [-0.1, -0.05) is 24.3 Å². The Labute approximate surface area is 174 Å². The SMILES string of the molecule is Cc1cccc(CC2c3sccc3CCN2C(=O)c2cn(C)c3ccccc23)n1. The lowest BCUT2D eigenvalue weighted by Gasteiger charge is -2.35. The molecule has 1 atom stereocenters. The van der Waals surface area contributed by atoms with Crippen molar-refractivity contribution in [2.24, 2.45) is 7.05 Å². The third-order valence-corrected chi connectivity index (χ3v) is 6.88. The van der Waals surface area contributed by atoms with Crippen LogP contribution in [-0.4, -0.2) is 26.9 Å². The molecular formula is C24H23N3OS. The minimum atomic E-state index is 0.0273. The van der Waals surface area contributed by atoms with E-state index in [-0.39, 0.29) is 11.9 Å². The number of hydrogen-bond acceptors (Lipinski definition) is 3. The maximum atomic E-state index is 13.7. The van der Waals surface area contributed by atoms with Gasteiger partial charge in [-0.3, -0.25) is 9.78 Å². The van der Waals surface area contributed by atoms with E-state index in [0.29, 0.717) is 0 Å². The second-order valence-electron chi connectivity index (χ2n) is 7.72. The van der Waals surface area contributed by atoms with E-state index in [4.69, 9.17) is 4.98 Å². The molecule has 1 amide bonds. The van der Waals surface area contributed by atoms with Crippen molar-refractivity contribution in [3.63, 3.8) is 0 Å². The smallest absolute Gasteiger partial charge is 0.256 e. The first-order valence-corrected chi connectivity index (χ1v) is 10.8. The van der Waals surface area contributed by atoms with Crippen LogP contribution < -0.4 is 0 Å². The minimum absolute atomic E-state index is 0.0273. The normalized spacial score (nSPS) is 16.2. The van der Waals surface area contributed by atoms with Crippen LogP contribution in [0.1, 0.15) is 38.2 Å². The summed E-state index contributed by atoms with van der Waals surface area (Å²) < 4.78 is 2.04. The van der Waals surface area contributed by atoms with Crippen molar-refractivity contribution in [1.82, 2.24) is 14.5 Å². The summed E-state index contributed by atoms with van der Waals surface area (Å²) in [6.45, 7) is 2.75. The Balaban J connectivity index is 1.56. The summed E-state index contributed by atoms with van der Waals surface area (Å²) in [5.74, 6) is 0.110. The number of benzene rings is 1. The van der Waals surface area contributed by atoms with Crippen LogP contribution in [0.5, 0.6) is 0 Å². The standard InChI is InChI=1S/C24H23N3OS/c1-16-6-5-7-18(25-16)14-22-23-17(11-13-29-23)10-12-27(22)24(28)20-15-26(2)21-9-4-3-8-19(20)21/h3-9,11,13,15,22H,10,12,14H2,1-2H3. The van der Waals surface area contributed by atoms with Gasteiger partial charge in [-0.25, -0.2) is 0 Å². The van der Waals surface area contributed by atoms with Crippen molar-refractivity contribution >= 4 is 28.1 Å². The quantitative estimate of drug-likeness (QED) is 0.488. The Kier molecular flexibility index (Phi) is 4.47. The number of nitrogens with zero attached hydrogens (tertiary/aromatic N) is 3. The highest BCUT2D eigenvalue weighted by atomic mass is 32.1. The molecule has 4 aromatic rings. The molecular weight excluding hydrogens is 378 g/mol. The molecule has 1 aliphatic rings. The highest BCUT2D eigenvalue weighted by Gasteiger charge is 2.33. The van der Waals surface area contributed by atoms with Crippen LogP contribution in [0.25, 0.3) is 10.9 Å². The summed E-state index contributed by atoms with van der Waals surface area (Å²) in [4.78, 5) is 21.8. The molecule has 3 aromatic heterocycles. The largest absolute Gasteiger partial charge is 0.350 e. The van der Waals surface area contributed by atoms with Gasteiger partial charge < -0.3 is 9.47 Å². The summed E-state index contributed by atoms with van der Waals surface area (Å²) in [6.07, 6.45) is 3.62. The molecule has 29 heavy (non-hydrogen) atoms. The number of aromatic nitrogens is 2. The fourth-order valence-electron chi connectivity index (χ4n) is 4.41. The van der Waals surface area contributed by atoms with Gasteiger partial charge in [0, 0.05) is 53.4 Å². The van der Waals surface area contributed by atoms with Crippen molar-refractivity contribution in [1.29, 1.82) is 0 Å². The average Bonchev–Trinajstić information content (AvgIpc) is 3.33. The second-order valence-corrected chi connectivity index (χ2v) is 8.67. The van der Waals surface area contributed by atoms with Gasteiger partial charge in [-0.05, 0) is 48.6 Å². The van der Waals surface area contributed by atoms with Gasteiger partial charge in [0.1, 0.15) is 0 Å². The molecule has 5 heteroatoms. The van der Waals surface area contributed by atoms with E-state index < -0.39 is 0 Å². The molecule has 0 fully saturated rings. The summed E-state index contributed by atoms with van der Waals surface area (Å²) in [5.41, 5.74) is 5.28. The summed E-state index contributed by atoms with van der Waals surface area (Å²) in [7, 11) is 2.00. The molecule has 1 aromatic carbocycles. The maximum absolute atomic E-state index is 13.7. The maximum Gasteiger partial charge on any atom is 0.256 e. The van der Waals surface area contributed by atoms with E-state index >= 15 is 0 Å². The number of pyridine rings is 1. The fourth-order valence-corrected chi connectivity index (χ4v) is 5.48. The molecule has 0 saturated heterocycles. The molecule has 0 spiro atoms. The van der Waals surface area contributed by atoms with Crippen LogP contribution in [0.2, 0.25) is 0 Å². The Hall–Kier alpha value is -2.92. The van der Waals surface area contributed by atoms with Gasteiger partial charge in [0.2, 0.25) is 0 Å². The molecule has 0 N–H and O–H groups in total. The zero-order chi connectivity index (χ0) is 20.0. The number of hydrogen-bond donors (Lipinski definition) is 0. The van der Waals surface area contributed by atoms with Crippen LogP contribution in [0, 0.1) is 6.92 Å². The molecule has 4 heterocycles. The van der Waals surface area contributed by atoms with Gasteiger partial charge in [-0.15, -0.1) is 11.3 Å². The number of carbonyl (C=O) groups excluding carboxylic acids is 1. The lowest BCUT2D eigenvalue weighted by molar-refractivity contribution is 0.0665. The lowest BCUT2D eigenvalue weighted by atomic mass is 9.96. The van der Waals surface area contributed by atoms with Crippen LogP contribution in [0.3, 0.4) is 0 Å². The molecule has 146 valence electrons. The molecule has 0 radical (unpaired) electrons. The van der Waals surface area contributed by atoms with E-state index in [2.05, 4.69) is 28.5 Å². The Morgan fingerprint density at radius 3 is 2.90 bits per heavy atom. The Morgan fingerprint density at radius 1 is 1.17 bits per heavy atom. The predicted molar refractivity (Wildman–Crippen MR) is 117 cm³/mol. The molecule has 0 saturated carbocycles. The molecule has 0 aliphatic carbocycles. The topological polar surface area (TPSA) is 38.1 Å². The number of rotatable bonds is 3. The van der Waals surface area contributed by atoms with Crippen molar-refractivity contribution in [3.8, 4) is 0 Å². The number of para-hydroxylation sites is 1.